The summed E-state index contributed by atoms with van der Waals surface area (Å²) < 4.78 is 127. The lowest BCUT2D eigenvalue weighted by atomic mass is 9.81. The van der Waals surface area contributed by atoms with Crippen LogP contribution in [0.5, 0.6) is 34.5 Å². The number of hydrogen-bond donors (Lipinski definition) is 3. The summed E-state index contributed by atoms with van der Waals surface area (Å²) in [5.41, 5.74) is 7.00. The van der Waals surface area contributed by atoms with E-state index in [0.717, 1.165) is 40.9 Å². The number of sulfonamides is 3. The second-order valence-corrected chi connectivity index (χ2v) is 38.4. The lowest BCUT2D eigenvalue weighted by molar-refractivity contribution is -0.139. The molecule has 0 saturated heterocycles. The summed E-state index contributed by atoms with van der Waals surface area (Å²) in [6.45, 7) is 18.8. The first-order valence-electron chi connectivity index (χ1n) is 38.3. The Morgan fingerprint density at radius 3 is 1.05 bits per heavy atom. The molecule has 0 aromatic heterocycles. The van der Waals surface area contributed by atoms with Gasteiger partial charge in [0.15, 0.2) is 34.5 Å². The third kappa shape index (κ3) is 23.8. The molecule has 6 aromatic carbocycles. The topological polar surface area (TPSA) is 329 Å². The van der Waals surface area contributed by atoms with Crippen LogP contribution in [0.3, 0.4) is 0 Å². The maximum absolute atomic E-state index is 13.9. The van der Waals surface area contributed by atoms with Crippen LogP contribution in [0.25, 0.3) is 0 Å². The Bertz CT molecular complexity index is 5220. The van der Waals surface area contributed by atoms with Gasteiger partial charge in [-0.15, -0.1) is 12.4 Å². The molecule has 4 radical (unpaired) electrons. The average Bonchev–Trinajstić information content (AvgIpc) is 1.64. The number of carboxylic acid groups (broad SMARTS) is 1. The summed E-state index contributed by atoms with van der Waals surface area (Å²) in [5, 5.41) is 17.2. The van der Waals surface area contributed by atoms with Crippen molar-refractivity contribution in [1.82, 2.24) is 43.1 Å². The molecule has 9 aliphatic heterocycles. The van der Waals surface area contributed by atoms with Crippen LogP contribution in [0, 0.1) is 0 Å². The summed E-state index contributed by atoms with van der Waals surface area (Å²) in [6.07, 6.45) is -1.09. The molecule has 9 aliphatic rings. The molecule has 0 saturated carbocycles. The van der Waals surface area contributed by atoms with E-state index in [1.807, 2.05) is 36.2 Å². The van der Waals surface area contributed by atoms with Gasteiger partial charge in [-0.1, -0.05) is 78.6 Å². The number of carbonyl (C=O) groups excluding carboxylic acids is 4. The van der Waals surface area contributed by atoms with Gasteiger partial charge < -0.3 is 73.2 Å². The lowest BCUT2D eigenvalue weighted by Crippen LogP contribution is -2.43. The molecule has 0 unspecified atom stereocenters. The largest absolute Gasteiger partial charge is 0.486 e. The Hall–Kier alpha value is -8.77. The molecule has 4 amide bonds. The van der Waals surface area contributed by atoms with Crippen molar-refractivity contribution >= 4 is 123 Å². The Balaban J connectivity index is 0.000000188. The highest BCUT2D eigenvalue weighted by atomic mass is 35.5. The van der Waals surface area contributed by atoms with Crippen LogP contribution in [0.2, 0.25) is 15.1 Å². The number of nitrogens with one attached hydrogen (secondary N) is 2. The van der Waals surface area contributed by atoms with Crippen LogP contribution in [-0.2, 0) is 53.9 Å². The molecule has 38 heteroatoms. The minimum absolute atomic E-state index is 0. The zero-order valence-electron chi connectivity index (χ0n) is 68.0. The van der Waals surface area contributed by atoms with E-state index in [-0.39, 0.29) is 91.5 Å². The number of nitrogens with zero attached hydrogens (tertiary/aromatic N) is 7. The summed E-state index contributed by atoms with van der Waals surface area (Å²) in [6, 6.07) is 35.2. The first-order valence-corrected chi connectivity index (χ1v) is 43.8. The van der Waals surface area contributed by atoms with Crippen LogP contribution in [0.15, 0.2) is 176 Å². The molecule has 0 fully saturated rings. The van der Waals surface area contributed by atoms with Crippen molar-refractivity contribution in [3.8, 4) is 34.5 Å². The third-order valence-electron chi connectivity index (χ3n) is 20.4. The third-order valence-corrected chi connectivity index (χ3v) is 26.4. The van der Waals surface area contributed by atoms with Gasteiger partial charge in [0.1, 0.15) is 50.8 Å². The fourth-order valence-electron chi connectivity index (χ4n) is 14.5. The van der Waals surface area contributed by atoms with Gasteiger partial charge in [0.05, 0.1) is 32.4 Å². The summed E-state index contributed by atoms with van der Waals surface area (Å²) >= 11 is 18.3. The number of benzene rings is 6. The van der Waals surface area contributed by atoms with Crippen LogP contribution in [0.4, 0.5) is 9.59 Å². The van der Waals surface area contributed by atoms with E-state index in [1.54, 1.807) is 138 Å². The van der Waals surface area contributed by atoms with Crippen molar-refractivity contribution in [2.45, 2.75) is 92.6 Å². The molecular weight excluding hydrogens is 1700 g/mol. The zero-order valence-corrected chi connectivity index (χ0v) is 73.5. The van der Waals surface area contributed by atoms with E-state index in [2.05, 4.69) is 26.1 Å². The summed E-state index contributed by atoms with van der Waals surface area (Å²) in [4.78, 5) is 70.0. The standard InChI is InChI=1S/C29H34ClN3O7S.C24H26ClN3O5S.C15H20ClNO4.C14H16N2O4S.CH4.B2.ClH/c1-29(2,3)40-28(35)31(4)18-24(19-6-5-7-22(30)12-19)27(34)32-14-20-16-33(17-21(20)15-32)41(36,37)23-8-9-25-26(13-23)39-11-10-38-25;1-26-11-21(16-3-2-4-19(25)9-16)24(29)27-12-17-14-28(15-18(17)13-27)34(30,31)20-5-6-22-23(10-20)33-8-7-32-22;1-15(2,3)21-14(20)17(4)9-12(13(18)19)10-6-5-7-11(16)8-10;17-21(18,16-8-10-6-15-7-11(10)9-16)12-1-2-13-14(5-12)20-4-3-19-13;;1-2;/h5-9,12-13,24H,10-11,14-18H2,1-4H3;2-6,9-10,21,26H,7-8,11-15H2,1H3;5-8,12H,9H2,1-4H3,(H,18,19);1-2,5,15H,3-4,6-9H2;1H4;;1H/t24-;21-;12-;;;;/m000..../s1. The zero-order chi connectivity index (χ0) is 86.1. The minimum atomic E-state index is -3.78. The molecule has 0 bridgehead atoms. The Labute approximate surface area is 731 Å². The number of hydrogen-bond acceptors (Lipinski definition) is 21. The van der Waals surface area contributed by atoms with E-state index in [9.17, 15) is 54.3 Å². The van der Waals surface area contributed by atoms with Crippen LogP contribution in [-0.4, -0.2) is 278 Å². The number of carboxylic acids is 1. The van der Waals surface area contributed by atoms with Crippen molar-refractivity contribution in [3.63, 3.8) is 0 Å². The lowest BCUT2D eigenvalue weighted by Gasteiger charge is -2.30. The van der Waals surface area contributed by atoms with Gasteiger partial charge in [0.25, 0.3) is 0 Å². The SMILES string of the molecule is C.CN(C[C@H](C(=O)N1CC2=C(C1)CN(S(=O)(=O)c1ccc3c(c1)OCCO3)C2)c1cccc(Cl)c1)C(=O)OC(C)(C)C.CN(C[C@H](C(=O)O)c1cccc(Cl)c1)C(=O)OC(C)(C)C.CNC[C@H](C(=O)N1CC2=C(C1)CN(S(=O)(=O)c1ccc3c(c1)OCCO3)C2)c1cccc(Cl)c1.Cl.O=S(=O)(c1ccc2c(c1)OCCO2)N1CC2=C(CNC2)C1.[B][B]. The number of amides is 4. The molecule has 3 N–H and O–H groups in total. The van der Waals surface area contributed by atoms with Crippen molar-refractivity contribution in [3.05, 3.63) is 193 Å². The monoisotopic (exact) mass is 1800 g/mol. The molecule has 121 heavy (non-hydrogen) atoms. The normalized spacial score (nSPS) is 17.3. The predicted octanol–water partition coefficient (Wildman–Crippen LogP) is 10.2. The molecule has 650 valence electrons. The minimum Gasteiger partial charge on any atom is -0.486 e. The Morgan fingerprint density at radius 1 is 0.455 bits per heavy atom. The second-order valence-electron chi connectivity index (χ2n) is 31.3. The van der Waals surface area contributed by atoms with Gasteiger partial charge in [-0.2, -0.15) is 12.9 Å². The maximum Gasteiger partial charge on any atom is 0.410 e. The number of carbonyl (C=O) groups is 5. The van der Waals surface area contributed by atoms with Crippen molar-refractivity contribution in [1.29, 1.82) is 0 Å². The van der Waals surface area contributed by atoms with E-state index in [0.29, 0.717) is 146 Å². The quantitative estimate of drug-likeness (QED) is 0.0532. The van der Waals surface area contributed by atoms with Crippen LogP contribution < -0.4 is 39.1 Å². The fraction of sp³-hybridized carbons (Fsp3) is 0.434. The highest BCUT2D eigenvalue weighted by Crippen LogP contribution is 2.41. The number of aliphatic carboxylic acids is 1. The first kappa shape index (κ1) is 96.1. The first-order chi connectivity index (χ1) is 56.4. The average molecular weight is 1800 g/mol. The smallest absolute Gasteiger partial charge is 0.410 e. The van der Waals surface area contributed by atoms with Gasteiger partial charge >= 0.3 is 18.2 Å². The molecule has 9 heterocycles. The Morgan fingerprint density at radius 2 is 0.744 bits per heavy atom. The van der Waals surface area contributed by atoms with Crippen LogP contribution >= 0.6 is 47.2 Å². The van der Waals surface area contributed by atoms with Gasteiger partial charge in [-0.25, -0.2) is 34.8 Å². The number of likely N-dealkylation sites (N-methyl/N-ethyl adjacent to an activating group) is 3. The van der Waals surface area contributed by atoms with Crippen molar-refractivity contribution < 1.29 is 92.2 Å². The molecule has 29 nitrogen and oxygen atoms in total. The molecule has 15 rings (SSSR count). The number of fused-ring (bicyclic) bond motifs is 3. The molecular formula is C83H101B2Cl4N9O20S3. The predicted molar refractivity (Wildman–Crippen MR) is 463 cm³/mol. The van der Waals surface area contributed by atoms with E-state index >= 15 is 0 Å². The highest BCUT2D eigenvalue weighted by molar-refractivity contribution is 7.89. The summed E-state index contributed by atoms with van der Waals surface area (Å²) in [5.74, 6) is -0.0348. The molecule has 0 aliphatic carbocycles. The fourth-order valence-corrected chi connectivity index (χ4v) is 19.5. The van der Waals surface area contributed by atoms with Gasteiger partial charge in [-0.3, -0.25) is 14.4 Å². The Kier molecular flexibility index (Phi) is 32.7. The van der Waals surface area contributed by atoms with Gasteiger partial charge in [0.2, 0.25) is 41.9 Å². The van der Waals surface area contributed by atoms with Crippen LogP contribution in [0.1, 0.15) is 83.4 Å². The van der Waals surface area contributed by atoms with E-state index in [1.165, 1.54) is 59.1 Å². The number of halogens is 4. The molecule has 6 aromatic rings. The van der Waals surface area contributed by atoms with Crippen molar-refractivity contribution in [2.24, 2.45) is 0 Å². The van der Waals surface area contributed by atoms with E-state index in [4.69, 9.17) is 72.7 Å². The number of rotatable bonds is 18. The number of ether oxygens (including phenoxy) is 8. The molecule has 0 spiro atoms. The summed E-state index contributed by atoms with van der Waals surface area (Å²) in [7, 11) is 1.96. The van der Waals surface area contributed by atoms with E-state index < -0.39 is 71.3 Å². The van der Waals surface area contributed by atoms with Gasteiger partial charge in [-0.05, 0) is 172 Å². The van der Waals surface area contributed by atoms with Crippen molar-refractivity contribution in [2.75, 3.05) is 159 Å². The maximum atomic E-state index is 13.9. The second kappa shape index (κ2) is 41.1. The molecule has 3 atom stereocenters. The highest BCUT2D eigenvalue weighted by Gasteiger charge is 2.43. The van der Waals surface area contributed by atoms with Gasteiger partial charge in [0, 0.05) is 161 Å².